The highest BCUT2D eigenvalue weighted by molar-refractivity contribution is 5.75. The quantitative estimate of drug-likeness (QED) is 0.748. The number of nitrogens with one attached hydrogen (secondary N) is 1. The zero-order chi connectivity index (χ0) is 12.0. The van der Waals surface area contributed by atoms with Gasteiger partial charge in [0.15, 0.2) is 0 Å². The van der Waals surface area contributed by atoms with Crippen molar-refractivity contribution in [1.82, 2.24) is 15.1 Å². The Morgan fingerprint density at radius 3 is 2.75 bits per heavy atom. The van der Waals surface area contributed by atoms with Gasteiger partial charge in [0.05, 0.1) is 5.69 Å². The van der Waals surface area contributed by atoms with Gasteiger partial charge in [-0.3, -0.25) is 9.48 Å². The monoisotopic (exact) mass is 223 g/mol. The van der Waals surface area contributed by atoms with Crippen LogP contribution >= 0.6 is 0 Å². The van der Waals surface area contributed by atoms with Crippen molar-refractivity contribution < 1.29 is 4.79 Å². The average molecular weight is 223 g/mol. The third kappa shape index (κ3) is 4.04. The molecule has 1 aromatic heterocycles. The zero-order valence-electron chi connectivity index (χ0n) is 10.4. The van der Waals surface area contributed by atoms with Gasteiger partial charge in [-0.25, -0.2) is 0 Å². The van der Waals surface area contributed by atoms with Crippen LogP contribution in [0.25, 0.3) is 0 Å². The van der Waals surface area contributed by atoms with Crippen molar-refractivity contribution in [2.75, 3.05) is 6.54 Å². The minimum absolute atomic E-state index is 0.0438. The van der Waals surface area contributed by atoms with Crippen molar-refractivity contribution in [3.8, 4) is 0 Å². The number of carbonyl (C=O) groups excluding carboxylic acids is 1. The van der Waals surface area contributed by atoms with Crippen LogP contribution in [-0.4, -0.2) is 22.2 Å². The van der Waals surface area contributed by atoms with Gasteiger partial charge >= 0.3 is 0 Å². The van der Waals surface area contributed by atoms with Crippen LogP contribution in [0.5, 0.6) is 0 Å². The molecular formula is C12H21N3O. The first-order chi connectivity index (χ1) is 7.63. The van der Waals surface area contributed by atoms with E-state index in [2.05, 4.69) is 17.3 Å². The van der Waals surface area contributed by atoms with E-state index >= 15 is 0 Å². The van der Waals surface area contributed by atoms with Crippen LogP contribution in [-0.2, 0) is 11.3 Å². The van der Waals surface area contributed by atoms with Crippen LogP contribution in [0.3, 0.4) is 0 Å². The maximum absolute atomic E-state index is 11.6. The second-order valence-electron chi connectivity index (χ2n) is 4.14. The fourth-order valence-corrected chi connectivity index (χ4v) is 1.63. The summed E-state index contributed by atoms with van der Waals surface area (Å²) in [5, 5.41) is 7.15. The fourth-order valence-electron chi connectivity index (χ4n) is 1.63. The number of hydrogen-bond acceptors (Lipinski definition) is 2. The van der Waals surface area contributed by atoms with Gasteiger partial charge < -0.3 is 5.32 Å². The van der Waals surface area contributed by atoms with E-state index in [1.54, 1.807) is 4.68 Å². The standard InChI is InChI=1S/C12H21N3O/c1-4-5-6-7-13-12(16)9-15-11(3)8-10(2)14-15/h8H,4-7,9H2,1-3H3,(H,13,16). The molecule has 0 radical (unpaired) electrons. The Balaban J connectivity index is 2.31. The number of aryl methyl sites for hydroxylation is 2. The van der Waals surface area contributed by atoms with Gasteiger partial charge in [0, 0.05) is 12.2 Å². The Kier molecular flexibility index (Phi) is 5.02. The Bertz CT molecular complexity index is 344. The lowest BCUT2D eigenvalue weighted by Gasteiger charge is -2.06. The maximum atomic E-state index is 11.6. The highest BCUT2D eigenvalue weighted by atomic mass is 16.2. The van der Waals surface area contributed by atoms with Crippen molar-refractivity contribution in [1.29, 1.82) is 0 Å². The number of unbranched alkanes of at least 4 members (excludes halogenated alkanes) is 2. The molecule has 4 nitrogen and oxygen atoms in total. The molecule has 0 spiro atoms. The molecule has 1 heterocycles. The predicted octanol–water partition coefficient (Wildman–Crippen LogP) is 1.81. The van der Waals surface area contributed by atoms with Crippen molar-refractivity contribution >= 4 is 5.91 Å². The van der Waals surface area contributed by atoms with Crippen LogP contribution < -0.4 is 5.32 Å². The molecule has 0 aliphatic rings. The number of carbonyl (C=O) groups is 1. The SMILES string of the molecule is CCCCCNC(=O)Cn1nc(C)cc1C. The Labute approximate surface area is 97.0 Å². The topological polar surface area (TPSA) is 46.9 Å². The van der Waals surface area contributed by atoms with Gasteiger partial charge in [-0.2, -0.15) is 5.10 Å². The van der Waals surface area contributed by atoms with Gasteiger partial charge in [0.25, 0.3) is 0 Å². The first kappa shape index (κ1) is 12.7. The lowest BCUT2D eigenvalue weighted by Crippen LogP contribution is -2.29. The van der Waals surface area contributed by atoms with Gasteiger partial charge in [-0.05, 0) is 26.3 Å². The molecule has 0 aliphatic carbocycles. The van der Waals surface area contributed by atoms with Crippen LogP contribution in [0.2, 0.25) is 0 Å². The van der Waals surface area contributed by atoms with E-state index < -0.39 is 0 Å². The number of aromatic nitrogens is 2. The summed E-state index contributed by atoms with van der Waals surface area (Å²) in [4.78, 5) is 11.6. The molecule has 1 aromatic rings. The Morgan fingerprint density at radius 1 is 1.44 bits per heavy atom. The highest BCUT2D eigenvalue weighted by Crippen LogP contribution is 2.01. The molecule has 90 valence electrons. The van der Waals surface area contributed by atoms with E-state index in [1.165, 1.54) is 12.8 Å². The highest BCUT2D eigenvalue weighted by Gasteiger charge is 2.05. The first-order valence-corrected chi connectivity index (χ1v) is 5.91. The largest absolute Gasteiger partial charge is 0.354 e. The minimum atomic E-state index is 0.0438. The molecule has 0 aliphatic heterocycles. The fraction of sp³-hybridized carbons (Fsp3) is 0.667. The van der Waals surface area contributed by atoms with Crippen LogP contribution in [0.1, 0.15) is 37.6 Å². The molecule has 0 bridgehead atoms. The molecule has 4 heteroatoms. The normalized spacial score (nSPS) is 10.4. The summed E-state index contributed by atoms with van der Waals surface area (Å²) in [6.45, 7) is 7.14. The molecule has 16 heavy (non-hydrogen) atoms. The summed E-state index contributed by atoms with van der Waals surface area (Å²) < 4.78 is 1.74. The molecule has 0 unspecified atom stereocenters. The third-order valence-electron chi connectivity index (χ3n) is 2.50. The van der Waals surface area contributed by atoms with E-state index in [-0.39, 0.29) is 5.91 Å². The lowest BCUT2D eigenvalue weighted by molar-refractivity contribution is -0.121. The predicted molar refractivity (Wildman–Crippen MR) is 64.2 cm³/mol. The van der Waals surface area contributed by atoms with E-state index in [9.17, 15) is 4.79 Å². The maximum Gasteiger partial charge on any atom is 0.241 e. The van der Waals surface area contributed by atoms with E-state index in [0.717, 1.165) is 24.4 Å². The average Bonchev–Trinajstić information content (AvgIpc) is 2.52. The smallest absolute Gasteiger partial charge is 0.241 e. The molecule has 0 aromatic carbocycles. The molecule has 1 N–H and O–H groups in total. The van der Waals surface area contributed by atoms with Crippen molar-refractivity contribution in [3.63, 3.8) is 0 Å². The Hall–Kier alpha value is -1.32. The summed E-state index contributed by atoms with van der Waals surface area (Å²) in [6.07, 6.45) is 3.40. The summed E-state index contributed by atoms with van der Waals surface area (Å²) in [5.41, 5.74) is 1.98. The van der Waals surface area contributed by atoms with Gasteiger partial charge in [-0.1, -0.05) is 19.8 Å². The van der Waals surface area contributed by atoms with Gasteiger partial charge in [0.2, 0.25) is 5.91 Å². The molecular weight excluding hydrogens is 202 g/mol. The third-order valence-corrected chi connectivity index (χ3v) is 2.50. The van der Waals surface area contributed by atoms with Crippen LogP contribution in [0.15, 0.2) is 6.07 Å². The van der Waals surface area contributed by atoms with Gasteiger partial charge in [-0.15, -0.1) is 0 Å². The van der Waals surface area contributed by atoms with Crippen molar-refractivity contribution in [2.45, 2.75) is 46.6 Å². The number of nitrogens with zero attached hydrogens (tertiary/aromatic N) is 2. The molecule has 0 fully saturated rings. The lowest BCUT2D eigenvalue weighted by atomic mass is 10.2. The molecule has 0 saturated heterocycles. The summed E-state index contributed by atoms with van der Waals surface area (Å²) in [7, 11) is 0. The van der Waals surface area contributed by atoms with Crippen LogP contribution in [0, 0.1) is 13.8 Å². The van der Waals surface area contributed by atoms with Crippen molar-refractivity contribution in [3.05, 3.63) is 17.5 Å². The van der Waals surface area contributed by atoms with E-state index in [0.29, 0.717) is 6.54 Å². The molecule has 1 amide bonds. The molecule has 1 rings (SSSR count). The second kappa shape index (κ2) is 6.30. The molecule has 0 saturated carbocycles. The zero-order valence-corrected chi connectivity index (χ0v) is 10.4. The van der Waals surface area contributed by atoms with Gasteiger partial charge in [0.1, 0.15) is 6.54 Å². The van der Waals surface area contributed by atoms with E-state index in [1.807, 2.05) is 19.9 Å². The summed E-state index contributed by atoms with van der Waals surface area (Å²) >= 11 is 0. The number of rotatable bonds is 6. The minimum Gasteiger partial charge on any atom is -0.354 e. The first-order valence-electron chi connectivity index (χ1n) is 5.91. The van der Waals surface area contributed by atoms with Crippen LogP contribution in [0.4, 0.5) is 0 Å². The van der Waals surface area contributed by atoms with E-state index in [4.69, 9.17) is 0 Å². The Morgan fingerprint density at radius 2 is 2.19 bits per heavy atom. The van der Waals surface area contributed by atoms with Crippen molar-refractivity contribution in [2.24, 2.45) is 0 Å². The summed E-state index contributed by atoms with van der Waals surface area (Å²) in [6, 6.07) is 1.98. The number of amides is 1. The molecule has 0 atom stereocenters. The second-order valence-corrected chi connectivity index (χ2v) is 4.14. The number of hydrogen-bond donors (Lipinski definition) is 1. The summed E-state index contributed by atoms with van der Waals surface area (Å²) in [5.74, 6) is 0.0438.